The van der Waals surface area contributed by atoms with Crippen LogP contribution in [0.1, 0.15) is 12.5 Å². The molecule has 0 saturated heterocycles. The Labute approximate surface area is 117 Å². The average molecular weight is 305 g/mol. The molecule has 0 bridgehead atoms. The topological polar surface area (TPSA) is 168 Å². The molecule has 8 nitrogen and oxygen atoms in total. The number of rotatable bonds is 4. The lowest BCUT2D eigenvalue weighted by atomic mass is 10.2. The summed E-state index contributed by atoms with van der Waals surface area (Å²) >= 11 is 0. The van der Waals surface area contributed by atoms with Gasteiger partial charge in [-0.3, -0.25) is 14.6 Å². The molecule has 1 amide bonds. The summed E-state index contributed by atoms with van der Waals surface area (Å²) in [5.41, 5.74) is 0.350. The Balaban J connectivity index is 0. The molecule has 0 heterocycles. The number of carbonyl (C=O) groups is 1. The molecule has 20 heavy (non-hydrogen) atoms. The highest BCUT2D eigenvalue weighted by Gasteiger charge is 2.22. The summed E-state index contributed by atoms with van der Waals surface area (Å²) in [5, 5.41) is 9.33. The van der Waals surface area contributed by atoms with Crippen LogP contribution in [-0.4, -0.2) is 32.5 Å². The van der Waals surface area contributed by atoms with E-state index >= 15 is 0 Å². The van der Waals surface area contributed by atoms with E-state index in [1.807, 2.05) is 0 Å². The lowest BCUT2D eigenvalue weighted by molar-refractivity contribution is -0.160. The van der Waals surface area contributed by atoms with E-state index in [0.29, 0.717) is 10.6 Å². The Morgan fingerprint density at radius 3 is 2.15 bits per heavy atom. The number of hydrogen-bond acceptors (Lipinski definition) is 5. The molecule has 1 aromatic carbocycles. The minimum atomic E-state index is -4.47. The van der Waals surface area contributed by atoms with E-state index in [1.54, 1.807) is 30.3 Å². The van der Waals surface area contributed by atoms with Gasteiger partial charge < -0.3 is 22.1 Å². The molecule has 0 aliphatic rings. The molecule has 1 aromatic rings. The van der Waals surface area contributed by atoms with Crippen LogP contribution < -0.4 is 12.3 Å². The summed E-state index contributed by atoms with van der Waals surface area (Å²) < 4.78 is 11.4. The van der Waals surface area contributed by atoms with Crippen LogP contribution in [0.15, 0.2) is 36.4 Å². The number of hydroxylamine groups is 2. The first-order valence-electron chi connectivity index (χ1n) is 5.11. The van der Waals surface area contributed by atoms with E-state index in [2.05, 4.69) is 0 Å². The Kier molecular flexibility index (Phi) is 8.93. The van der Waals surface area contributed by atoms with Crippen LogP contribution in [0.25, 0.3) is 5.31 Å². The molecule has 0 atom stereocenters. The zero-order chi connectivity index (χ0) is 13.8. The predicted molar refractivity (Wildman–Crippen MR) is 75.7 cm³/mol. The van der Waals surface area contributed by atoms with Gasteiger partial charge in [-0.2, -0.15) is 0 Å². The van der Waals surface area contributed by atoms with Gasteiger partial charge in [-0.15, -0.1) is 0 Å². The Morgan fingerprint density at radius 1 is 1.25 bits per heavy atom. The van der Waals surface area contributed by atoms with Crippen molar-refractivity contribution < 1.29 is 24.4 Å². The summed E-state index contributed by atoms with van der Waals surface area (Å²) in [6, 6.07) is 8.08. The Hall–Kier alpha value is -1.54. The molecule has 0 radical (unpaired) electrons. The molecule has 0 aliphatic heterocycles. The van der Waals surface area contributed by atoms with Gasteiger partial charge in [0.25, 0.3) is 0 Å². The van der Waals surface area contributed by atoms with Gasteiger partial charge in [0.15, 0.2) is 0 Å². The average Bonchev–Trinajstić information content (AvgIpc) is 2.28. The van der Waals surface area contributed by atoms with Crippen LogP contribution in [0.2, 0.25) is 0 Å². The summed E-state index contributed by atoms with van der Waals surface area (Å²) in [6.45, 7) is 0.859. The smallest absolute Gasteiger partial charge is 0.344 e. The fourth-order valence-electron chi connectivity index (χ4n) is 1.32. The lowest BCUT2D eigenvalue weighted by Gasteiger charge is -2.13. The third-order valence-electron chi connectivity index (χ3n) is 2.20. The number of nitrogens with zero attached hydrogens (tertiary/aromatic N) is 1. The number of amides is 1. The van der Waals surface area contributed by atoms with Crippen molar-refractivity contribution in [1.29, 1.82) is 0 Å². The fourth-order valence-corrected chi connectivity index (χ4v) is 2.12. The molecule has 114 valence electrons. The molecular weight excluding hydrogens is 285 g/mol. The van der Waals surface area contributed by atoms with Crippen molar-refractivity contribution in [2.24, 2.45) is 0 Å². The predicted octanol–water partition coefficient (Wildman–Crippen LogP) is 1.77. The largest absolute Gasteiger partial charge is 0.356 e. The quantitative estimate of drug-likeness (QED) is 0.320. The highest BCUT2D eigenvalue weighted by Crippen LogP contribution is 2.50. The van der Waals surface area contributed by atoms with Crippen molar-refractivity contribution in [2.75, 3.05) is 6.54 Å². The minimum absolute atomic E-state index is 0. The van der Waals surface area contributed by atoms with Crippen LogP contribution in [0.4, 0.5) is 0 Å². The van der Waals surface area contributed by atoms with Crippen LogP contribution >= 0.6 is 7.60 Å². The van der Waals surface area contributed by atoms with Crippen LogP contribution in [0.3, 0.4) is 0 Å². The second kappa shape index (κ2) is 8.60. The second-order valence-electron chi connectivity index (χ2n) is 3.60. The van der Waals surface area contributed by atoms with Gasteiger partial charge in [-0.05, 0) is 11.6 Å². The molecule has 9 N–H and O–H groups in total. The van der Waals surface area contributed by atoms with Gasteiger partial charge in [-0.25, -0.2) is 5.06 Å². The number of benzene rings is 1. The maximum absolute atomic E-state index is 11.4. The summed E-state index contributed by atoms with van der Waals surface area (Å²) in [7, 11) is -4.47. The van der Waals surface area contributed by atoms with Gasteiger partial charge in [-0.1, -0.05) is 30.3 Å². The first-order chi connectivity index (χ1) is 8.32. The Bertz CT molecular complexity index is 500. The van der Waals surface area contributed by atoms with E-state index in [4.69, 9.17) is 0 Å². The van der Waals surface area contributed by atoms with Crippen molar-refractivity contribution in [1.82, 2.24) is 17.4 Å². The third kappa shape index (κ3) is 6.07. The van der Waals surface area contributed by atoms with Crippen molar-refractivity contribution in [3.63, 3.8) is 0 Å². The number of hydrogen-bond donors (Lipinski definition) is 5. The molecule has 0 aromatic heterocycles. The fraction of sp³-hybridized carbons (Fsp3) is 0.182. The standard InChI is InChI=1S/C11H14NO5P.2H3N/c1-9(13)12(14)8-7-11(18(15,16)17)10-5-3-2-4-6-10;;/h2-7,14H,8H2,1H3,(H2,15,16,17);2*1H3/b11-7+;;. The van der Waals surface area contributed by atoms with Crippen molar-refractivity contribution in [2.45, 2.75) is 6.92 Å². The van der Waals surface area contributed by atoms with Crippen LogP contribution in [0, 0.1) is 0 Å². The van der Waals surface area contributed by atoms with Gasteiger partial charge >= 0.3 is 7.60 Å². The zero-order valence-electron chi connectivity index (χ0n) is 11.1. The Morgan fingerprint density at radius 2 is 1.75 bits per heavy atom. The molecule has 9 heteroatoms. The van der Waals surface area contributed by atoms with Crippen LogP contribution in [-0.2, 0) is 9.36 Å². The maximum Gasteiger partial charge on any atom is 0.356 e. The van der Waals surface area contributed by atoms with E-state index in [0.717, 1.165) is 13.0 Å². The third-order valence-corrected chi connectivity index (χ3v) is 3.27. The molecule has 0 unspecified atom stereocenters. The van der Waals surface area contributed by atoms with E-state index < -0.39 is 13.5 Å². The maximum atomic E-state index is 11.4. The lowest BCUT2D eigenvalue weighted by Crippen LogP contribution is -2.24. The van der Waals surface area contributed by atoms with E-state index in [9.17, 15) is 24.4 Å². The number of carbonyl (C=O) groups excluding carboxylic acids is 1. The molecule has 0 spiro atoms. The summed E-state index contributed by atoms with van der Waals surface area (Å²) in [5.74, 6) is -0.607. The molecule has 0 fully saturated rings. The molecule has 0 saturated carbocycles. The monoisotopic (exact) mass is 305 g/mol. The van der Waals surface area contributed by atoms with Crippen molar-refractivity contribution in [3.8, 4) is 0 Å². The first kappa shape index (κ1) is 20.8. The second-order valence-corrected chi connectivity index (χ2v) is 5.17. The van der Waals surface area contributed by atoms with E-state index in [-0.39, 0.29) is 24.2 Å². The molecule has 0 aliphatic carbocycles. The van der Waals surface area contributed by atoms with Gasteiger partial charge in [0.2, 0.25) is 5.91 Å². The SMILES string of the molecule is CC(=O)N(O)C/C=C(\c1ccccc1)P(=O)(O)O.N.N. The van der Waals surface area contributed by atoms with Gasteiger partial charge in [0.05, 0.1) is 11.9 Å². The summed E-state index contributed by atoms with van der Waals surface area (Å²) in [4.78, 5) is 29.3. The molecule has 1 rings (SSSR count). The molecular formula is C11H20N3O5P. The highest BCUT2D eigenvalue weighted by molar-refractivity contribution is 7.63. The van der Waals surface area contributed by atoms with Gasteiger partial charge in [0, 0.05) is 6.92 Å². The minimum Gasteiger partial charge on any atom is -0.344 e. The summed E-state index contributed by atoms with van der Waals surface area (Å²) in [6.07, 6.45) is 1.14. The van der Waals surface area contributed by atoms with E-state index in [1.165, 1.54) is 0 Å². The first-order valence-corrected chi connectivity index (χ1v) is 6.72. The van der Waals surface area contributed by atoms with Crippen molar-refractivity contribution in [3.05, 3.63) is 42.0 Å². The van der Waals surface area contributed by atoms with Gasteiger partial charge in [0.1, 0.15) is 0 Å². The van der Waals surface area contributed by atoms with Crippen molar-refractivity contribution >= 4 is 18.8 Å². The highest BCUT2D eigenvalue weighted by atomic mass is 31.2. The van der Waals surface area contributed by atoms with Crippen LogP contribution in [0.5, 0.6) is 0 Å². The zero-order valence-corrected chi connectivity index (χ0v) is 12.0. The normalized spacial score (nSPS) is 11.1.